The van der Waals surface area contributed by atoms with Crippen LogP contribution < -0.4 is 5.56 Å². The van der Waals surface area contributed by atoms with Crippen molar-refractivity contribution < 1.29 is 0 Å². The van der Waals surface area contributed by atoms with Crippen molar-refractivity contribution in [1.82, 2.24) is 14.9 Å². The lowest BCUT2D eigenvalue weighted by molar-refractivity contribution is 0.243. The molecule has 0 amide bonds. The molecule has 0 radical (unpaired) electrons. The summed E-state index contributed by atoms with van der Waals surface area (Å²) < 4.78 is 0. The van der Waals surface area contributed by atoms with Gasteiger partial charge in [0.2, 0.25) is 0 Å². The standard InChI is InChI=1S/C19H23N3OS/c1-11-8-6-7-9-15(11)10-22(5)13(3)17-20-18(23)16-12(2)14(4)24-19(16)21-17/h6-9,13H,10H2,1-5H3,(H,20,21,23). The predicted octanol–water partition coefficient (Wildman–Crippen LogP) is 4.10. The zero-order valence-electron chi connectivity index (χ0n) is 14.8. The van der Waals surface area contributed by atoms with Crippen molar-refractivity contribution in [3.05, 3.63) is 62.0 Å². The van der Waals surface area contributed by atoms with Gasteiger partial charge < -0.3 is 4.98 Å². The molecule has 126 valence electrons. The smallest absolute Gasteiger partial charge is 0.259 e. The van der Waals surface area contributed by atoms with Crippen molar-refractivity contribution in [2.75, 3.05) is 7.05 Å². The summed E-state index contributed by atoms with van der Waals surface area (Å²) in [6.45, 7) is 9.04. The molecule has 0 saturated carbocycles. The summed E-state index contributed by atoms with van der Waals surface area (Å²) in [5.41, 5.74) is 3.57. The summed E-state index contributed by atoms with van der Waals surface area (Å²) >= 11 is 1.59. The number of nitrogens with zero attached hydrogens (tertiary/aromatic N) is 2. The van der Waals surface area contributed by atoms with Crippen LogP contribution in [-0.4, -0.2) is 21.9 Å². The number of aromatic nitrogens is 2. The Bertz CT molecular complexity index is 941. The minimum atomic E-state index is -0.0343. The van der Waals surface area contributed by atoms with Gasteiger partial charge in [-0.15, -0.1) is 11.3 Å². The minimum absolute atomic E-state index is 0.0319. The van der Waals surface area contributed by atoms with E-state index in [-0.39, 0.29) is 11.6 Å². The number of hydrogen-bond acceptors (Lipinski definition) is 4. The van der Waals surface area contributed by atoms with Gasteiger partial charge in [-0.05, 0) is 51.4 Å². The Morgan fingerprint density at radius 2 is 1.96 bits per heavy atom. The molecule has 0 saturated heterocycles. The van der Waals surface area contributed by atoms with Gasteiger partial charge in [0.15, 0.2) is 0 Å². The monoisotopic (exact) mass is 341 g/mol. The Kier molecular flexibility index (Phi) is 4.56. The van der Waals surface area contributed by atoms with E-state index in [9.17, 15) is 4.79 Å². The average Bonchev–Trinajstić information content (AvgIpc) is 2.83. The lowest BCUT2D eigenvalue weighted by Crippen LogP contribution is -2.26. The molecule has 4 nitrogen and oxygen atoms in total. The van der Waals surface area contributed by atoms with Crippen LogP contribution >= 0.6 is 11.3 Å². The second kappa shape index (κ2) is 6.49. The van der Waals surface area contributed by atoms with E-state index < -0.39 is 0 Å². The van der Waals surface area contributed by atoms with Gasteiger partial charge >= 0.3 is 0 Å². The fourth-order valence-corrected chi connectivity index (χ4v) is 3.91. The van der Waals surface area contributed by atoms with Crippen LogP contribution in [-0.2, 0) is 6.54 Å². The van der Waals surface area contributed by atoms with Gasteiger partial charge in [0.25, 0.3) is 5.56 Å². The van der Waals surface area contributed by atoms with E-state index in [1.165, 1.54) is 11.1 Å². The topological polar surface area (TPSA) is 49.0 Å². The Hall–Kier alpha value is -1.98. The second-order valence-corrected chi connectivity index (χ2v) is 7.64. The van der Waals surface area contributed by atoms with Crippen molar-refractivity contribution in [3.8, 4) is 0 Å². The first-order valence-electron chi connectivity index (χ1n) is 8.13. The van der Waals surface area contributed by atoms with Crippen molar-refractivity contribution >= 4 is 21.6 Å². The number of rotatable bonds is 4. The molecule has 1 unspecified atom stereocenters. The molecule has 1 atom stereocenters. The fourth-order valence-electron chi connectivity index (χ4n) is 2.87. The van der Waals surface area contributed by atoms with Crippen LogP contribution in [0.1, 0.15) is 40.4 Å². The summed E-state index contributed by atoms with van der Waals surface area (Å²) in [5.74, 6) is 0.727. The highest BCUT2D eigenvalue weighted by molar-refractivity contribution is 7.18. The lowest BCUT2D eigenvalue weighted by Gasteiger charge is -2.24. The number of aryl methyl sites for hydroxylation is 3. The highest BCUT2D eigenvalue weighted by Gasteiger charge is 2.18. The first-order chi connectivity index (χ1) is 11.4. The normalized spacial score (nSPS) is 12.9. The first-order valence-corrected chi connectivity index (χ1v) is 8.94. The molecular weight excluding hydrogens is 318 g/mol. The second-order valence-electron chi connectivity index (χ2n) is 6.43. The third-order valence-electron chi connectivity index (χ3n) is 4.80. The quantitative estimate of drug-likeness (QED) is 0.777. The molecule has 0 aliphatic carbocycles. The van der Waals surface area contributed by atoms with Gasteiger partial charge in [-0.25, -0.2) is 4.98 Å². The number of hydrogen-bond donors (Lipinski definition) is 1. The molecule has 0 aliphatic rings. The van der Waals surface area contributed by atoms with Crippen LogP contribution in [0.2, 0.25) is 0 Å². The first kappa shape index (κ1) is 16.9. The van der Waals surface area contributed by atoms with Gasteiger partial charge in [0.1, 0.15) is 10.7 Å². The number of thiophene rings is 1. The molecular formula is C19H23N3OS. The van der Waals surface area contributed by atoms with E-state index in [4.69, 9.17) is 4.98 Å². The molecule has 3 rings (SSSR count). The molecule has 1 aromatic carbocycles. The Labute approximate surface area is 146 Å². The SMILES string of the molecule is Cc1ccccc1CN(C)C(C)c1nc2sc(C)c(C)c2c(=O)[nH]1. The number of benzene rings is 1. The van der Waals surface area contributed by atoms with Crippen LogP contribution in [0.4, 0.5) is 0 Å². The maximum atomic E-state index is 12.5. The van der Waals surface area contributed by atoms with Crippen LogP contribution in [0.25, 0.3) is 10.2 Å². The predicted molar refractivity (Wildman–Crippen MR) is 101 cm³/mol. The highest BCUT2D eigenvalue weighted by atomic mass is 32.1. The van der Waals surface area contributed by atoms with Gasteiger partial charge in [-0.3, -0.25) is 9.69 Å². The third-order valence-corrected chi connectivity index (χ3v) is 5.90. The largest absolute Gasteiger partial charge is 0.309 e. The fraction of sp³-hybridized carbons (Fsp3) is 0.368. The van der Waals surface area contributed by atoms with Crippen molar-refractivity contribution in [2.24, 2.45) is 0 Å². The third kappa shape index (κ3) is 3.01. The number of aromatic amines is 1. The van der Waals surface area contributed by atoms with E-state index in [1.54, 1.807) is 11.3 Å². The van der Waals surface area contributed by atoms with E-state index in [0.717, 1.165) is 33.0 Å². The van der Waals surface area contributed by atoms with E-state index >= 15 is 0 Å². The van der Waals surface area contributed by atoms with Crippen LogP contribution in [0.15, 0.2) is 29.1 Å². The highest BCUT2D eigenvalue weighted by Crippen LogP contribution is 2.27. The van der Waals surface area contributed by atoms with Crippen LogP contribution in [0, 0.1) is 20.8 Å². The average molecular weight is 341 g/mol. The lowest BCUT2D eigenvalue weighted by atomic mass is 10.1. The van der Waals surface area contributed by atoms with Crippen molar-refractivity contribution in [3.63, 3.8) is 0 Å². The van der Waals surface area contributed by atoms with E-state index in [0.29, 0.717) is 0 Å². The molecule has 5 heteroatoms. The number of nitrogens with one attached hydrogen (secondary N) is 1. The molecule has 3 aromatic rings. The van der Waals surface area contributed by atoms with E-state index in [1.807, 2.05) is 13.8 Å². The zero-order chi connectivity index (χ0) is 17.4. The summed E-state index contributed by atoms with van der Waals surface area (Å²) in [4.78, 5) is 24.4. The van der Waals surface area contributed by atoms with E-state index in [2.05, 4.69) is 55.0 Å². The zero-order valence-corrected chi connectivity index (χ0v) is 15.6. The molecule has 24 heavy (non-hydrogen) atoms. The maximum Gasteiger partial charge on any atom is 0.259 e. The molecule has 0 aliphatic heterocycles. The molecule has 0 fully saturated rings. The Morgan fingerprint density at radius 3 is 2.67 bits per heavy atom. The summed E-state index contributed by atoms with van der Waals surface area (Å²) in [6, 6.07) is 8.41. The summed E-state index contributed by atoms with van der Waals surface area (Å²) in [5, 5.41) is 0.731. The van der Waals surface area contributed by atoms with Gasteiger partial charge in [-0.1, -0.05) is 24.3 Å². The van der Waals surface area contributed by atoms with Gasteiger partial charge in [0, 0.05) is 11.4 Å². The molecule has 2 heterocycles. The summed E-state index contributed by atoms with van der Waals surface area (Å²) in [6.07, 6.45) is 0. The van der Waals surface area contributed by atoms with Crippen LogP contribution in [0.3, 0.4) is 0 Å². The number of fused-ring (bicyclic) bond motifs is 1. The molecule has 0 bridgehead atoms. The van der Waals surface area contributed by atoms with Crippen LogP contribution in [0.5, 0.6) is 0 Å². The number of H-pyrrole nitrogens is 1. The molecule has 1 N–H and O–H groups in total. The van der Waals surface area contributed by atoms with Crippen molar-refractivity contribution in [1.29, 1.82) is 0 Å². The van der Waals surface area contributed by atoms with Gasteiger partial charge in [-0.2, -0.15) is 0 Å². The Morgan fingerprint density at radius 1 is 1.25 bits per heavy atom. The Balaban J connectivity index is 1.92. The van der Waals surface area contributed by atoms with Gasteiger partial charge in [0.05, 0.1) is 11.4 Å². The summed E-state index contributed by atoms with van der Waals surface area (Å²) in [7, 11) is 2.06. The molecule has 0 spiro atoms. The molecule has 2 aromatic heterocycles. The van der Waals surface area contributed by atoms with Crippen molar-refractivity contribution in [2.45, 2.75) is 40.3 Å². The maximum absolute atomic E-state index is 12.5. The minimum Gasteiger partial charge on any atom is -0.309 e.